The number of nitrogens with zero attached hydrogens (tertiary/aromatic N) is 4. The zero-order valence-corrected chi connectivity index (χ0v) is 15.1. The molecular weight excluding hydrogens is 350 g/mol. The van der Waals surface area contributed by atoms with Crippen molar-refractivity contribution < 1.29 is 5.11 Å². The number of aliphatic hydroxyl groups excluding tert-OH is 1. The van der Waals surface area contributed by atoms with Crippen molar-refractivity contribution in [1.29, 1.82) is 0 Å². The molecule has 0 saturated carbocycles. The average molecular weight is 369 g/mol. The smallest absolute Gasteiger partial charge is 0.177 e. The van der Waals surface area contributed by atoms with E-state index >= 15 is 0 Å². The van der Waals surface area contributed by atoms with Crippen LogP contribution in [0.5, 0.6) is 0 Å². The van der Waals surface area contributed by atoms with Crippen molar-refractivity contribution in [2.45, 2.75) is 12.8 Å². The number of aliphatic imine (C=N–C) groups is 1. The third-order valence-electron chi connectivity index (χ3n) is 4.89. The van der Waals surface area contributed by atoms with E-state index in [0.717, 1.165) is 28.2 Å². The van der Waals surface area contributed by atoms with Gasteiger partial charge in [-0.1, -0.05) is 48.5 Å². The lowest BCUT2D eigenvalue weighted by Crippen LogP contribution is -2.12. The molecule has 0 aliphatic carbocycles. The number of fused-ring (bicyclic) bond motifs is 1. The molecule has 138 valence electrons. The Bertz CT molecular complexity index is 1130. The molecular formula is C22H19N5O. The van der Waals surface area contributed by atoms with Gasteiger partial charge in [0.05, 0.1) is 24.6 Å². The third-order valence-corrected chi connectivity index (χ3v) is 4.89. The van der Waals surface area contributed by atoms with E-state index in [-0.39, 0.29) is 0 Å². The second kappa shape index (κ2) is 6.83. The van der Waals surface area contributed by atoms with Crippen LogP contribution in [0, 0.1) is 0 Å². The van der Waals surface area contributed by atoms with Crippen LogP contribution in [-0.4, -0.2) is 25.8 Å². The van der Waals surface area contributed by atoms with Crippen LogP contribution in [0.4, 0.5) is 5.82 Å². The van der Waals surface area contributed by atoms with Crippen LogP contribution in [0.1, 0.15) is 17.4 Å². The van der Waals surface area contributed by atoms with Gasteiger partial charge in [-0.3, -0.25) is 4.68 Å². The van der Waals surface area contributed by atoms with Crippen LogP contribution in [-0.2, 0) is 6.54 Å². The topological polar surface area (TPSA) is 67.4 Å². The van der Waals surface area contributed by atoms with Gasteiger partial charge in [0.25, 0.3) is 0 Å². The summed E-state index contributed by atoms with van der Waals surface area (Å²) in [4.78, 5) is 4.12. The molecule has 0 saturated heterocycles. The Morgan fingerprint density at radius 1 is 0.964 bits per heavy atom. The summed E-state index contributed by atoms with van der Waals surface area (Å²) in [5, 5.41) is 18.2. The van der Waals surface area contributed by atoms with Crippen molar-refractivity contribution in [3.05, 3.63) is 90.4 Å². The minimum atomic E-state index is -0.909. The van der Waals surface area contributed by atoms with E-state index < -0.39 is 6.23 Å². The summed E-state index contributed by atoms with van der Waals surface area (Å²) in [6.45, 7) is 0.696. The molecule has 0 amide bonds. The summed E-state index contributed by atoms with van der Waals surface area (Å²) in [6, 6.07) is 20.2. The van der Waals surface area contributed by atoms with Gasteiger partial charge in [0.2, 0.25) is 0 Å². The first-order valence-corrected chi connectivity index (χ1v) is 9.13. The highest BCUT2D eigenvalue weighted by Gasteiger charge is 2.26. The average Bonchev–Trinajstić information content (AvgIpc) is 3.35. The molecule has 0 bridgehead atoms. The van der Waals surface area contributed by atoms with Crippen LogP contribution in [0.3, 0.4) is 0 Å². The fourth-order valence-electron chi connectivity index (χ4n) is 3.55. The highest BCUT2D eigenvalue weighted by molar-refractivity contribution is 5.85. The van der Waals surface area contributed by atoms with Gasteiger partial charge in [-0.05, 0) is 17.7 Å². The zero-order valence-electron chi connectivity index (χ0n) is 15.1. The van der Waals surface area contributed by atoms with E-state index in [2.05, 4.69) is 27.5 Å². The van der Waals surface area contributed by atoms with Crippen LogP contribution in [0.2, 0.25) is 0 Å². The van der Waals surface area contributed by atoms with E-state index in [4.69, 9.17) is 0 Å². The molecule has 6 nitrogen and oxygen atoms in total. The molecule has 4 aromatic rings. The Hall–Kier alpha value is -3.64. The summed E-state index contributed by atoms with van der Waals surface area (Å²) in [5.74, 6) is 0.819. The molecule has 1 unspecified atom stereocenters. The number of aromatic nitrogens is 3. The summed E-state index contributed by atoms with van der Waals surface area (Å²) in [5.41, 5.74) is 4.81. The van der Waals surface area contributed by atoms with E-state index in [1.54, 1.807) is 0 Å². The van der Waals surface area contributed by atoms with E-state index in [1.807, 2.05) is 76.4 Å². The maximum atomic E-state index is 10.5. The summed E-state index contributed by atoms with van der Waals surface area (Å²) < 4.78 is 3.94. The fraction of sp³-hybridized carbons (Fsp3) is 0.0909. The maximum absolute atomic E-state index is 10.5. The van der Waals surface area contributed by atoms with Crippen molar-refractivity contribution in [3.63, 3.8) is 0 Å². The standard InChI is InChI=1S/C22H19N5O/c28-22-20-19(17-11-25-26(13-17)12-16-7-3-1-4-8-16)14-27(21(20)23-15-24-22)18-9-5-2-6-10-18/h1-11,13-15,22,28H,12H2,(H,23,24). The first-order chi connectivity index (χ1) is 13.8. The molecule has 0 radical (unpaired) electrons. The molecule has 6 heteroatoms. The van der Waals surface area contributed by atoms with Crippen LogP contribution >= 0.6 is 0 Å². The number of rotatable bonds is 4. The molecule has 0 spiro atoms. The van der Waals surface area contributed by atoms with Crippen molar-refractivity contribution in [1.82, 2.24) is 14.3 Å². The van der Waals surface area contributed by atoms with Gasteiger partial charge in [-0.2, -0.15) is 5.10 Å². The minimum absolute atomic E-state index is 0.696. The number of hydrogen-bond donors (Lipinski definition) is 2. The number of hydrogen-bond acceptors (Lipinski definition) is 4. The molecule has 1 aliphatic heterocycles. The number of benzene rings is 2. The van der Waals surface area contributed by atoms with Crippen molar-refractivity contribution in [3.8, 4) is 16.8 Å². The van der Waals surface area contributed by atoms with Gasteiger partial charge < -0.3 is 15.0 Å². The van der Waals surface area contributed by atoms with Crippen molar-refractivity contribution in [2.24, 2.45) is 4.99 Å². The highest BCUT2D eigenvalue weighted by Crippen LogP contribution is 2.39. The quantitative estimate of drug-likeness (QED) is 0.574. The number of aliphatic hydroxyl groups is 1. The first-order valence-electron chi connectivity index (χ1n) is 9.13. The van der Waals surface area contributed by atoms with Gasteiger partial charge in [0, 0.05) is 29.2 Å². The van der Waals surface area contributed by atoms with Gasteiger partial charge in [-0.15, -0.1) is 0 Å². The van der Waals surface area contributed by atoms with E-state index in [0.29, 0.717) is 6.54 Å². The second-order valence-corrected chi connectivity index (χ2v) is 6.72. The molecule has 1 aliphatic rings. The van der Waals surface area contributed by atoms with Gasteiger partial charge in [0.15, 0.2) is 6.23 Å². The SMILES string of the molecule is OC1N=CNc2c1c(-c1cnn(Cc3ccccc3)c1)cn2-c1ccccc1. The lowest BCUT2D eigenvalue weighted by atomic mass is 10.1. The molecule has 2 N–H and O–H groups in total. The van der Waals surface area contributed by atoms with Crippen LogP contribution in [0.25, 0.3) is 16.8 Å². The first kappa shape index (κ1) is 16.5. The Morgan fingerprint density at radius 3 is 2.50 bits per heavy atom. The predicted octanol–water partition coefficient (Wildman–Crippen LogP) is 3.83. The third kappa shape index (κ3) is 2.90. The second-order valence-electron chi connectivity index (χ2n) is 6.72. The zero-order chi connectivity index (χ0) is 18.9. The van der Waals surface area contributed by atoms with Gasteiger partial charge in [0.1, 0.15) is 5.82 Å². The minimum Gasteiger partial charge on any atom is -0.368 e. The lowest BCUT2D eigenvalue weighted by molar-refractivity contribution is 0.189. The normalized spacial score (nSPS) is 15.2. The lowest BCUT2D eigenvalue weighted by Gasteiger charge is -2.17. The molecule has 28 heavy (non-hydrogen) atoms. The number of nitrogens with one attached hydrogen (secondary N) is 1. The fourth-order valence-corrected chi connectivity index (χ4v) is 3.55. The Balaban J connectivity index is 1.57. The van der Waals surface area contributed by atoms with Crippen LogP contribution in [0.15, 0.2) is 84.2 Å². The Labute approximate surface area is 162 Å². The molecule has 5 rings (SSSR count). The molecule has 3 heterocycles. The van der Waals surface area contributed by atoms with Crippen LogP contribution < -0.4 is 5.32 Å². The highest BCUT2D eigenvalue weighted by atomic mass is 16.3. The molecule has 2 aromatic heterocycles. The van der Waals surface area contributed by atoms with E-state index in [9.17, 15) is 5.11 Å². The summed E-state index contributed by atoms with van der Waals surface area (Å²) >= 11 is 0. The largest absolute Gasteiger partial charge is 0.368 e. The Kier molecular flexibility index (Phi) is 4.03. The number of para-hydroxylation sites is 1. The molecule has 2 aromatic carbocycles. The Morgan fingerprint density at radius 2 is 1.71 bits per heavy atom. The molecule has 0 fully saturated rings. The van der Waals surface area contributed by atoms with E-state index in [1.165, 1.54) is 11.9 Å². The monoisotopic (exact) mass is 369 g/mol. The van der Waals surface area contributed by atoms with Crippen molar-refractivity contribution in [2.75, 3.05) is 5.32 Å². The van der Waals surface area contributed by atoms with Gasteiger partial charge in [-0.25, -0.2) is 4.99 Å². The summed E-state index contributed by atoms with van der Waals surface area (Å²) in [7, 11) is 0. The molecule has 1 atom stereocenters. The summed E-state index contributed by atoms with van der Waals surface area (Å²) in [6.07, 6.45) is 6.49. The maximum Gasteiger partial charge on any atom is 0.177 e. The van der Waals surface area contributed by atoms with Gasteiger partial charge >= 0.3 is 0 Å². The predicted molar refractivity (Wildman–Crippen MR) is 110 cm³/mol. The number of anilines is 1. The van der Waals surface area contributed by atoms with Crippen molar-refractivity contribution >= 4 is 12.2 Å².